The van der Waals surface area contributed by atoms with E-state index in [0.717, 1.165) is 10.4 Å². The topological polar surface area (TPSA) is 86.7 Å². The minimum Gasteiger partial charge on any atom is -0.481 e. The molecule has 4 rings (SSSR count). The number of benzene rings is 3. The van der Waals surface area contributed by atoms with Gasteiger partial charge in [-0.3, -0.25) is 14.4 Å². The van der Waals surface area contributed by atoms with Crippen LogP contribution in [0.25, 0.3) is 11.1 Å². The maximum atomic E-state index is 13.8. The van der Waals surface area contributed by atoms with Crippen LogP contribution in [0.3, 0.4) is 0 Å². The second kappa shape index (κ2) is 12.8. The lowest BCUT2D eigenvalue weighted by Gasteiger charge is -2.24. The van der Waals surface area contributed by atoms with Crippen LogP contribution in [-0.2, 0) is 11.2 Å². The van der Waals surface area contributed by atoms with Gasteiger partial charge in [0.05, 0.1) is 12.5 Å². The third kappa shape index (κ3) is 6.75. The van der Waals surface area contributed by atoms with Gasteiger partial charge in [0.15, 0.2) is 0 Å². The van der Waals surface area contributed by atoms with Gasteiger partial charge in [-0.05, 0) is 53.6 Å². The predicted molar refractivity (Wildman–Crippen MR) is 150 cm³/mol. The zero-order valence-corrected chi connectivity index (χ0v) is 22.0. The van der Waals surface area contributed by atoms with E-state index in [2.05, 4.69) is 5.32 Å². The van der Waals surface area contributed by atoms with Crippen LogP contribution in [0.4, 0.5) is 0 Å². The molecule has 0 aliphatic carbocycles. The van der Waals surface area contributed by atoms with Gasteiger partial charge in [-0.15, -0.1) is 11.3 Å². The van der Waals surface area contributed by atoms with Gasteiger partial charge in [0.25, 0.3) is 11.8 Å². The molecular weight excluding hydrogens is 496 g/mol. The number of aliphatic carboxylic acids is 1. The molecule has 7 heteroatoms. The summed E-state index contributed by atoms with van der Waals surface area (Å²) in [6.45, 7) is 2.43. The van der Waals surface area contributed by atoms with Crippen LogP contribution in [0, 0.1) is 0 Å². The number of carboxylic acids is 1. The van der Waals surface area contributed by atoms with E-state index in [1.54, 1.807) is 40.5 Å². The van der Waals surface area contributed by atoms with E-state index < -0.39 is 5.97 Å². The average Bonchev–Trinajstić information content (AvgIpc) is 3.47. The second-order valence-corrected chi connectivity index (χ2v) is 9.99. The standard InChI is InChI=1S/C31H30N2O4S/c1-22(23-10-3-2-4-11-23)32-30(36)27-15-7-5-13-25(27)26-14-6-8-16-28(26)31(37)33(20-18-29(34)35)19-17-24-12-9-21-38-24/h2-16,21-22H,17-20H2,1H3,(H,32,36)(H,34,35). The van der Waals surface area contributed by atoms with Crippen molar-refractivity contribution in [2.24, 2.45) is 0 Å². The van der Waals surface area contributed by atoms with Crippen LogP contribution >= 0.6 is 11.3 Å². The van der Waals surface area contributed by atoms with E-state index in [9.17, 15) is 19.5 Å². The van der Waals surface area contributed by atoms with E-state index in [1.165, 1.54) is 0 Å². The Kier molecular flexibility index (Phi) is 9.06. The number of carbonyl (C=O) groups excluding carboxylic acids is 2. The van der Waals surface area contributed by atoms with Crippen molar-refractivity contribution in [1.29, 1.82) is 0 Å². The summed E-state index contributed by atoms with van der Waals surface area (Å²) in [7, 11) is 0. The first-order chi connectivity index (χ1) is 18.4. The van der Waals surface area contributed by atoms with E-state index >= 15 is 0 Å². The SMILES string of the molecule is CC(NC(=O)c1ccccc1-c1ccccc1C(=O)N(CCC(=O)O)CCc1cccs1)c1ccccc1. The molecule has 38 heavy (non-hydrogen) atoms. The Morgan fingerprint density at radius 3 is 2.11 bits per heavy atom. The van der Waals surface area contributed by atoms with Crippen molar-refractivity contribution in [1.82, 2.24) is 10.2 Å². The lowest BCUT2D eigenvalue weighted by molar-refractivity contribution is -0.137. The van der Waals surface area contributed by atoms with Crippen LogP contribution in [0.15, 0.2) is 96.4 Å². The summed E-state index contributed by atoms with van der Waals surface area (Å²) in [6, 6.07) is 27.9. The Morgan fingerprint density at radius 1 is 0.816 bits per heavy atom. The molecule has 0 bridgehead atoms. The van der Waals surface area contributed by atoms with Gasteiger partial charge in [-0.1, -0.05) is 72.8 Å². The average molecular weight is 527 g/mol. The minimum atomic E-state index is -0.957. The van der Waals surface area contributed by atoms with E-state index in [-0.39, 0.29) is 30.8 Å². The molecule has 4 aromatic rings. The lowest BCUT2D eigenvalue weighted by Crippen LogP contribution is -2.35. The number of nitrogens with zero attached hydrogens (tertiary/aromatic N) is 1. The Labute approximate surface area is 226 Å². The second-order valence-electron chi connectivity index (χ2n) is 8.96. The largest absolute Gasteiger partial charge is 0.481 e. The molecule has 1 aromatic heterocycles. The van der Waals surface area contributed by atoms with Crippen LogP contribution in [0.1, 0.15) is 50.5 Å². The van der Waals surface area contributed by atoms with E-state index in [1.807, 2.05) is 79.0 Å². The Hall–Kier alpha value is -4.23. The van der Waals surface area contributed by atoms with Crippen LogP contribution in [0.2, 0.25) is 0 Å². The third-order valence-corrected chi connectivity index (χ3v) is 7.29. The highest BCUT2D eigenvalue weighted by Crippen LogP contribution is 2.29. The van der Waals surface area contributed by atoms with Crippen molar-refractivity contribution in [2.45, 2.75) is 25.8 Å². The van der Waals surface area contributed by atoms with Gasteiger partial charge in [-0.2, -0.15) is 0 Å². The summed E-state index contributed by atoms with van der Waals surface area (Å²) in [5, 5.41) is 14.3. The molecule has 1 heterocycles. The summed E-state index contributed by atoms with van der Waals surface area (Å²) in [5.74, 6) is -1.45. The van der Waals surface area contributed by atoms with Gasteiger partial charge >= 0.3 is 5.97 Å². The molecule has 0 aliphatic heterocycles. The molecule has 2 amide bonds. The number of carbonyl (C=O) groups is 3. The molecular formula is C31H30N2O4S. The summed E-state index contributed by atoms with van der Waals surface area (Å²) in [6.07, 6.45) is 0.496. The first kappa shape index (κ1) is 26.8. The third-order valence-electron chi connectivity index (χ3n) is 6.36. The lowest BCUT2D eigenvalue weighted by atomic mass is 9.94. The molecule has 1 unspecified atom stereocenters. The zero-order chi connectivity index (χ0) is 26.9. The fourth-order valence-electron chi connectivity index (χ4n) is 4.34. The molecule has 0 saturated carbocycles. The molecule has 2 N–H and O–H groups in total. The van der Waals surface area contributed by atoms with Crippen molar-refractivity contribution >= 4 is 29.1 Å². The van der Waals surface area contributed by atoms with Crippen molar-refractivity contribution in [3.05, 3.63) is 118 Å². The smallest absolute Gasteiger partial charge is 0.305 e. The molecule has 3 aromatic carbocycles. The molecule has 0 spiro atoms. The van der Waals surface area contributed by atoms with Crippen molar-refractivity contribution < 1.29 is 19.5 Å². The monoisotopic (exact) mass is 526 g/mol. The number of rotatable bonds is 11. The molecule has 0 fully saturated rings. The first-order valence-corrected chi connectivity index (χ1v) is 13.4. The maximum Gasteiger partial charge on any atom is 0.305 e. The van der Waals surface area contributed by atoms with Crippen molar-refractivity contribution in [3.63, 3.8) is 0 Å². The summed E-state index contributed by atoms with van der Waals surface area (Å²) < 4.78 is 0. The highest BCUT2D eigenvalue weighted by Gasteiger charge is 2.23. The molecule has 0 radical (unpaired) electrons. The van der Waals surface area contributed by atoms with Crippen LogP contribution < -0.4 is 5.32 Å². The molecule has 6 nitrogen and oxygen atoms in total. The predicted octanol–water partition coefficient (Wildman–Crippen LogP) is 6.07. The molecule has 1 atom stereocenters. The number of carboxylic acid groups (broad SMARTS) is 1. The van der Waals surface area contributed by atoms with Gasteiger partial charge in [0.1, 0.15) is 0 Å². The number of hydrogen-bond donors (Lipinski definition) is 2. The highest BCUT2D eigenvalue weighted by atomic mass is 32.1. The number of hydrogen-bond acceptors (Lipinski definition) is 4. The van der Waals surface area contributed by atoms with Crippen molar-refractivity contribution in [3.8, 4) is 11.1 Å². The Bertz CT molecular complexity index is 1390. The normalized spacial score (nSPS) is 11.5. The first-order valence-electron chi connectivity index (χ1n) is 12.5. The number of thiophene rings is 1. The van der Waals surface area contributed by atoms with Crippen LogP contribution in [-0.4, -0.2) is 40.9 Å². The van der Waals surface area contributed by atoms with Crippen LogP contribution in [0.5, 0.6) is 0 Å². The quantitative estimate of drug-likeness (QED) is 0.249. The number of amides is 2. The minimum absolute atomic E-state index is 0.102. The zero-order valence-electron chi connectivity index (χ0n) is 21.2. The molecule has 194 valence electrons. The fourth-order valence-corrected chi connectivity index (χ4v) is 5.03. The molecule has 0 saturated heterocycles. The molecule has 0 aliphatic rings. The van der Waals surface area contributed by atoms with Gasteiger partial charge in [-0.25, -0.2) is 0 Å². The van der Waals surface area contributed by atoms with E-state index in [0.29, 0.717) is 35.2 Å². The number of nitrogens with one attached hydrogen (secondary N) is 1. The van der Waals surface area contributed by atoms with Crippen molar-refractivity contribution in [2.75, 3.05) is 13.1 Å². The highest BCUT2D eigenvalue weighted by molar-refractivity contribution is 7.09. The Balaban J connectivity index is 1.63. The van der Waals surface area contributed by atoms with Gasteiger partial charge in [0, 0.05) is 29.1 Å². The summed E-state index contributed by atoms with van der Waals surface area (Å²) in [5.41, 5.74) is 3.16. The summed E-state index contributed by atoms with van der Waals surface area (Å²) in [4.78, 5) is 41.2. The Morgan fingerprint density at radius 2 is 1.45 bits per heavy atom. The summed E-state index contributed by atoms with van der Waals surface area (Å²) >= 11 is 1.61. The van der Waals surface area contributed by atoms with Gasteiger partial charge in [0.2, 0.25) is 0 Å². The fraction of sp³-hybridized carbons (Fsp3) is 0.194. The maximum absolute atomic E-state index is 13.8. The van der Waals surface area contributed by atoms with E-state index in [4.69, 9.17) is 0 Å². The van der Waals surface area contributed by atoms with Gasteiger partial charge < -0.3 is 15.3 Å².